The van der Waals surface area contributed by atoms with Crippen molar-refractivity contribution in [3.05, 3.63) is 29.6 Å². The van der Waals surface area contributed by atoms with Crippen LogP contribution in [0.3, 0.4) is 0 Å². The normalized spacial score (nSPS) is 17.0. The number of aliphatic imine (C=N–C) groups is 1. The molecule has 9 nitrogen and oxygen atoms in total. The Morgan fingerprint density at radius 2 is 2.17 bits per heavy atom. The third kappa shape index (κ3) is 5.55. The maximum Gasteiger partial charge on any atom is 0.433 e. The van der Waals surface area contributed by atoms with Gasteiger partial charge in [0.2, 0.25) is 5.95 Å². The van der Waals surface area contributed by atoms with Crippen LogP contribution in [0.25, 0.3) is 0 Å². The number of hydrogen-bond donors (Lipinski definition) is 3. The molecule has 2 aromatic rings. The van der Waals surface area contributed by atoms with Crippen LogP contribution in [0.1, 0.15) is 43.1 Å². The Bertz CT molecular complexity index is 847. The summed E-state index contributed by atoms with van der Waals surface area (Å²) in [6, 6.07) is 0.837. The van der Waals surface area contributed by atoms with Crippen LogP contribution in [0.5, 0.6) is 0 Å². The molecule has 0 amide bonds. The third-order valence-electron chi connectivity index (χ3n) is 4.25. The summed E-state index contributed by atoms with van der Waals surface area (Å²) in [7, 11) is 0. The maximum atomic E-state index is 12.7. The van der Waals surface area contributed by atoms with E-state index in [-0.39, 0.29) is 18.5 Å². The molecule has 0 saturated heterocycles. The highest BCUT2D eigenvalue weighted by molar-refractivity contribution is 5.80. The van der Waals surface area contributed by atoms with E-state index < -0.39 is 11.9 Å². The van der Waals surface area contributed by atoms with Crippen molar-refractivity contribution in [2.45, 2.75) is 45.5 Å². The lowest BCUT2D eigenvalue weighted by Gasteiger charge is -2.25. The van der Waals surface area contributed by atoms with Gasteiger partial charge in [-0.25, -0.2) is 19.6 Å². The summed E-state index contributed by atoms with van der Waals surface area (Å²) >= 11 is 0. The first kappa shape index (κ1) is 20.8. The topological polar surface area (TPSA) is 105 Å². The molecule has 0 aromatic carbocycles. The van der Waals surface area contributed by atoms with Gasteiger partial charge in [0, 0.05) is 25.8 Å². The number of aryl methyl sites for hydroxylation is 2. The lowest BCUT2D eigenvalue weighted by atomic mass is 10.1. The monoisotopic (exact) mass is 411 g/mol. The number of hydrogen-bond acceptors (Lipinski definition) is 6. The molecule has 1 aliphatic rings. The van der Waals surface area contributed by atoms with Crippen molar-refractivity contribution in [2.75, 3.05) is 25.0 Å². The number of fused-ring (bicyclic) bond motifs is 1. The Hall–Kier alpha value is -2.92. The zero-order valence-corrected chi connectivity index (χ0v) is 16.3. The van der Waals surface area contributed by atoms with E-state index >= 15 is 0 Å². The van der Waals surface area contributed by atoms with Crippen molar-refractivity contribution in [1.82, 2.24) is 35.4 Å². The molecular weight excluding hydrogens is 387 g/mol. The summed E-state index contributed by atoms with van der Waals surface area (Å²) in [6.45, 7) is 5.96. The molecule has 0 saturated carbocycles. The van der Waals surface area contributed by atoms with Crippen LogP contribution in [0.4, 0.5) is 19.1 Å². The van der Waals surface area contributed by atoms with Crippen LogP contribution in [0.15, 0.2) is 17.3 Å². The molecule has 0 aliphatic carbocycles. The number of guanidine groups is 1. The van der Waals surface area contributed by atoms with Crippen molar-refractivity contribution in [1.29, 1.82) is 0 Å². The molecule has 3 N–H and O–H groups in total. The van der Waals surface area contributed by atoms with E-state index in [0.29, 0.717) is 19.0 Å². The molecule has 0 bridgehead atoms. The molecular formula is C17H24F3N9. The molecule has 0 radical (unpaired) electrons. The predicted octanol–water partition coefficient (Wildman–Crippen LogP) is 1.90. The third-order valence-corrected chi connectivity index (χ3v) is 4.25. The molecule has 29 heavy (non-hydrogen) atoms. The Labute approximate surface area is 166 Å². The van der Waals surface area contributed by atoms with Gasteiger partial charge in [-0.15, -0.1) is 0 Å². The number of nitrogens with zero attached hydrogens (tertiary/aromatic N) is 6. The molecule has 0 fully saturated rings. The minimum Gasteiger partial charge on any atom is -0.357 e. The molecule has 12 heteroatoms. The smallest absolute Gasteiger partial charge is 0.357 e. The first-order valence-electron chi connectivity index (χ1n) is 9.47. The molecule has 158 valence electrons. The highest BCUT2D eigenvalue weighted by atomic mass is 19.4. The number of alkyl halides is 3. The molecule has 2 aromatic heterocycles. The van der Waals surface area contributed by atoms with Crippen molar-refractivity contribution in [3.63, 3.8) is 0 Å². The second-order valence-corrected chi connectivity index (χ2v) is 6.53. The van der Waals surface area contributed by atoms with E-state index in [1.54, 1.807) is 0 Å². The van der Waals surface area contributed by atoms with Crippen molar-refractivity contribution >= 4 is 11.9 Å². The number of aromatic nitrogens is 5. The minimum atomic E-state index is -4.50. The molecule has 1 aliphatic heterocycles. The van der Waals surface area contributed by atoms with Gasteiger partial charge in [0.05, 0.1) is 12.6 Å². The van der Waals surface area contributed by atoms with Crippen LogP contribution in [-0.4, -0.2) is 50.3 Å². The number of anilines is 1. The van der Waals surface area contributed by atoms with E-state index in [2.05, 4.69) is 41.0 Å². The van der Waals surface area contributed by atoms with Crippen molar-refractivity contribution in [2.24, 2.45) is 4.99 Å². The van der Waals surface area contributed by atoms with E-state index in [1.807, 2.05) is 18.5 Å². The second kappa shape index (κ2) is 9.05. The van der Waals surface area contributed by atoms with Crippen LogP contribution < -0.4 is 16.0 Å². The molecule has 1 unspecified atom stereocenters. The molecule has 3 rings (SSSR count). The zero-order valence-electron chi connectivity index (χ0n) is 16.3. The van der Waals surface area contributed by atoms with Gasteiger partial charge in [-0.2, -0.15) is 18.3 Å². The fraction of sp³-hybridized carbons (Fsp3) is 0.588. The van der Waals surface area contributed by atoms with Gasteiger partial charge in [0.15, 0.2) is 5.96 Å². The maximum absolute atomic E-state index is 12.7. The van der Waals surface area contributed by atoms with Crippen LogP contribution >= 0.6 is 0 Å². The summed E-state index contributed by atoms with van der Waals surface area (Å²) in [5.74, 6) is 2.15. The Balaban J connectivity index is 1.58. The van der Waals surface area contributed by atoms with Crippen LogP contribution in [-0.2, 0) is 12.7 Å². The van der Waals surface area contributed by atoms with Gasteiger partial charge >= 0.3 is 6.18 Å². The zero-order chi connectivity index (χ0) is 20.9. The lowest BCUT2D eigenvalue weighted by molar-refractivity contribution is -0.141. The average molecular weight is 411 g/mol. The fourth-order valence-corrected chi connectivity index (χ4v) is 3.03. The van der Waals surface area contributed by atoms with Gasteiger partial charge in [-0.1, -0.05) is 0 Å². The summed E-state index contributed by atoms with van der Waals surface area (Å²) in [5.41, 5.74) is -0.981. The van der Waals surface area contributed by atoms with E-state index in [1.165, 1.54) is 0 Å². The van der Waals surface area contributed by atoms with Crippen molar-refractivity contribution < 1.29 is 13.2 Å². The summed E-state index contributed by atoms with van der Waals surface area (Å²) < 4.78 is 40.0. The van der Waals surface area contributed by atoms with Gasteiger partial charge in [-0.3, -0.25) is 4.99 Å². The Kier molecular flexibility index (Phi) is 6.49. The highest BCUT2D eigenvalue weighted by Gasteiger charge is 2.32. The molecule has 1 atom stereocenters. The highest BCUT2D eigenvalue weighted by Crippen LogP contribution is 2.27. The Morgan fingerprint density at radius 1 is 1.34 bits per heavy atom. The van der Waals surface area contributed by atoms with Crippen molar-refractivity contribution in [3.8, 4) is 0 Å². The van der Waals surface area contributed by atoms with Crippen LogP contribution in [0, 0.1) is 6.92 Å². The Morgan fingerprint density at radius 3 is 2.93 bits per heavy atom. The number of halogens is 3. The van der Waals surface area contributed by atoms with E-state index in [0.717, 1.165) is 43.3 Å². The first-order valence-corrected chi connectivity index (χ1v) is 9.47. The van der Waals surface area contributed by atoms with E-state index in [9.17, 15) is 13.2 Å². The number of nitrogens with one attached hydrogen (secondary N) is 3. The predicted molar refractivity (Wildman–Crippen MR) is 101 cm³/mol. The quantitative estimate of drug-likeness (QED) is 0.379. The number of rotatable bonds is 6. The minimum absolute atomic E-state index is 0.00232. The standard InChI is InChI=1S/C17H24F3N9/c1-3-21-15(26-12-5-4-10-29-14(12)25-11(2)28-29)23-8-9-24-16-22-7-6-13(27-16)17(18,19)20/h6-7,12H,3-5,8-10H2,1-2H3,(H2,21,23,26)(H,22,24,27). The summed E-state index contributed by atoms with van der Waals surface area (Å²) in [6.07, 6.45) is -1.52. The van der Waals surface area contributed by atoms with Gasteiger partial charge < -0.3 is 16.0 Å². The SMILES string of the molecule is CCNC(=NCCNc1nccc(C(F)(F)F)n1)NC1CCCn2nc(C)nc21. The first-order chi connectivity index (χ1) is 13.9. The van der Waals surface area contributed by atoms with Gasteiger partial charge in [0.1, 0.15) is 17.3 Å². The molecule has 3 heterocycles. The molecule has 0 spiro atoms. The summed E-state index contributed by atoms with van der Waals surface area (Å²) in [5, 5.41) is 13.7. The fourth-order valence-electron chi connectivity index (χ4n) is 3.03. The lowest BCUT2D eigenvalue weighted by Crippen LogP contribution is -2.41. The van der Waals surface area contributed by atoms with E-state index in [4.69, 9.17) is 0 Å². The van der Waals surface area contributed by atoms with Gasteiger partial charge in [0.25, 0.3) is 0 Å². The average Bonchev–Trinajstić information content (AvgIpc) is 3.06. The van der Waals surface area contributed by atoms with Crippen LogP contribution in [0.2, 0.25) is 0 Å². The second-order valence-electron chi connectivity index (χ2n) is 6.53. The largest absolute Gasteiger partial charge is 0.433 e. The van der Waals surface area contributed by atoms with Gasteiger partial charge in [-0.05, 0) is 32.8 Å². The summed E-state index contributed by atoms with van der Waals surface area (Å²) in [4.78, 5) is 16.2.